The van der Waals surface area contributed by atoms with Gasteiger partial charge in [-0.25, -0.2) is 0 Å². The predicted octanol–water partition coefficient (Wildman–Crippen LogP) is 2.38. The first kappa shape index (κ1) is 9.09. The van der Waals surface area contributed by atoms with Crippen LogP contribution in [0.2, 0.25) is 0 Å². The van der Waals surface area contributed by atoms with Crippen LogP contribution in [0.25, 0.3) is 10.1 Å². The highest BCUT2D eigenvalue weighted by atomic mass is 32.1. The van der Waals surface area contributed by atoms with Crippen molar-refractivity contribution in [3.05, 3.63) is 44.9 Å². The van der Waals surface area contributed by atoms with E-state index in [9.17, 15) is 9.59 Å². The summed E-state index contributed by atoms with van der Waals surface area (Å²) in [5.74, 6) is 0. The highest BCUT2D eigenvalue weighted by Crippen LogP contribution is 2.19. The van der Waals surface area contributed by atoms with Crippen molar-refractivity contribution in [3.8, 4) is 0 Å². The third kappa shape index (κ3) is 1.26. The van der Waals surface area contributed by atoms with Gasteiger partial charge in [0.25, 0.3) is 0 Å². The summed E-state index contributed by atoms with van der Waals surface area (Å²) in [6.07, 6.45) is 0.744. The van der Waals surface area contributed by atoms with Crippen LogP contribution in [0.4, 0.5) is 0 Å². The summed E-state index contributed by atoms with van der Waals surface area (Å²) in [5, 5.41) is 0.695. The molecule has 0 aliphatic carbocycles. The van der Waals surface area contributed by atoms with Gasteiger partial charge < -0.3 is 0 Å². The lowest BCUT2D eigenvalue weighted by Crippen LogP contribution is -2.06. The van der Waals surface area contributed by atoms with Crippen molar-refractivity contribution in [1.29, 1.82) is 0 Å². The summed E-state index contributed by atoms with van der Waals surface area (Å²) in [4.78, 5) is 23.0. The summed E-state index contributed by atoms with van der Waals surface area (Å²) in [6, 6.07) is 7.34. The van der Waals surface area contributed by atoms with Crippen molar-refractivity contribution >= 4 is 27.7 Å². The maximum absolute atomic E-state index is 11.8. The molecular formula is C11H8O2S. The maximum atomic E-state index is 11.8. The Morgan fingerprint density at radius 3 is 2.71 bits per heavy atom. The van der Waals surface area contributed by atoms with E-state index in [0.717, 1.165) is 11.0 Å². The molecule has 0 bridgehead atoms. The Hall–Kier alpha value is -1.48. The summed E-state index contributed by atoms with van der Waals surface area (Å²) < 4.78 is 0.866. The molecule has 3 heteroatoms. The highest BCUT2D eigenvalue weighted by molar-refractivity contribution is 7.19. The number of carbonyl (C=O) groups is 1. The van der Waals surface area contributed by atoms with Crippen LogP contribution in [0.3, 0.4) is 0 Å². The Morgan fingerprint density at radius 2 is 2.00 bits per heavy atom. The van der Waals surface area contributed by atoms with E-state index >= 15 is 0 Å². The fraction of sp³-hybridized carbons (Fsp3) is 0.0909. The molecule has 14 heavy (non-hydrogen) atoms. The minimum atomic E-state index is -0.0403. The van der Waals surface area contributed by atoms with Gasteiger partial charge in [-0.15, -0.1) is 11.3 Å². The first-order chi connectivity index (χ1) is 6.74. The molecule has 1 aromatic heterocycles. The second kappa shape index (κ2) is 3.35. The van der Waals surface area contributed by atoms with Gasteiger partial charge in [0, 0.05) is 15.6 Å². The molecule has 2 aromatic rings. The van der Waals surface area contributed by atoms with Gasteiger partial charge in [-0.3, -0.25) is 9.59 Å². The van der Waals surface area contributed by atoms with Crippen LogP contribution in [0.5, 0.6) is 0 Å². The lowest BCUT2D eigenvalue weighted by Gasteiger charge is -1.99. The van der Waals surface area contributed by atoms with Gasteiger partial charge in [-0.05, 0) is 19.1 Å². The molecule has 2 rings (SSSR count). The molecule has 1 heterocycles. The fourth-order valence-electron chi connectivity index (χ4n) is 1.36. The molecule has 0 saturated carbocycles. The molecule has 1 aromatic carbocycles. The van der Waals surface area contributed by atoms with Gasteiger partial charge in [0.2, 0.25) is 0 Å². The SMILES string of the molecule is Cc1c(C=O)sc2ccccc2c1=O. The van der Waals surface area contributed by atoms with Crippen molar-refractivity contribution in [2.45, 2.75) is 6.92 Å². The van der Waals surface area contributed by atoms with E-state index in [0.29, 0.717) is 15.8 Å². The minimum absolute atomic E-state index is 0.0403. The second-order valence-corrected chi connectivity index (χ2v) is 4.12. The van der Waals surface area contributed by atoms with Crippen LogP contribution in [-0.2, 0) is 0 Å². The molecule has 0 spiro atoms. The van der Waals surface area contributed by atoms with Crippen molar-refractivity contribution in [2.75, 3.05) is 0 Å². The molecule has 70 valence electrons. The Labute approximate surface area is 84.8 Å². The summed E-state index contributed by atoms with van der Waals surface area (Å²) >= 11 is 1.36. The van der Waals surface area contributed by atoms with Crippen LogP contribution in [0.1, 0.15) is 15.2 Å². The van der Waals surface area contributed by atoms with E-state index in [-0.39, 0.29) is 5.43 Å². The lowest BCUT2D eigenvalue weighted by molar-refractivity contribution is 0.112. The molecule has 0 amide bonds. The average Bonchev–Trinajstić information content (AvgIpc) is 2.23. The summed E-state index contributed by atoms with van der Waals surface area (Å²) in [6.45, 7) is 1.69. The highest BCUT2D eigenvalue weighted by Gasteiger charge is 2.06. The molecule has 0 fully saturated rings. The smallest absolute Gasteiger partial charge is 0.191 e. The van der Waals surface area contributed by atoms with E-state index in [2.05, 4.69) is 0 Å². The van der Waals surface area contributed by atoms with E-state index in [4.69, 9.17) is 0 Å². The van der Waals surface area contributed by atoms with Gasteiger partial charge in [0.15, 0.2) is 11.7 Å². The maximum Gasteiger partial charge on any atom is 0.191 e. The van der Waals surface area contributed by atoms with Gasteiger partial charge in [-0.1, -0.05) is 12.1 Å². The molecular weight excluding hydrogens is 196 g/mol. The van der Waals surface area contributed by atoms with Gasteiger partial charge in [0.1, 0.15) is 0 Å². The molecule has 2 nitrogen and oxygen atoms in total. The van der Waals surface area contributed by atoms with Crippen LogP contribution >= 0.6 is 11.3 Å². The zero-order chi connectivity index (χ0) is 10.1. The molecule has 0 unspecified atom stereocenters. The van der Waals surface area contributed by atoms with Crippen molar-refractivity contribution in [1.82, 2.24) is 0 Å². The van der Waals surface area contributed by atoms with E-state index in [1.807, 2.05) is 18.2 Å². The zero-order valence-corrected chi connectivity index (χ0v) is 8.43. The normalized spacial score (nSPS) is 10.4. The average molecular weight is 204 g/mol. The molecule has 0 aliphatic heterocycles. The Bertz CT molecular complexity index is 555. The van der Waals surface area contributed by atoms with Crippen LogP contribution in [0, 0.1) is 6.92 Å². The number of rotatable bonds is 1. The number of carbonyl (C=O) groups excluding carboxylic acids is 1. The molecule has 0 radical (unpaired) electrons. The van der Waals surface area contributed by atoms with Gasteiger partial charge in [-0.2, -0.15) is 0 Å². The zero-order valence-electron chi connectivity index (χ0n) is 7.61. The second-order valence-electron chi connectivity index (χ2n) is 3.03. The largest absolute Gasteiger partial charge is 0.297 e. The Balaban J connectivity index is 2.99. The first-order valence-corrected chi connectivity index (χ1v) is 5.03. The van der Waals surface area contributed by atoms with Crippen molar-refractivity contribution in [2.24, 2.45) is 0 Å². The molecule has 0 atom stereocenters. The van der Waals surface area contributed by atoms with Crippen LogP contribution < -0.4 is 5.43 Å². The number of hydrogen-bond donors (Lipinski definition) is 0. The standard InChI is InChI=1S/C11H8O2S/c1-7-10(6-12)14-9-5-3-2-4-8(9)11(7)13/h2-6H,1H3. The minimum Gasteiger partial charge on any atom is -0.297 e. The van der Waals surface area contributed by atoms with E-state index < -0.39 is 0 Å². The monoisotopic (exact) mass is 204 g/mol. The molecule has 0 N–H and O–H groups in total. The van der Waals surface area contributed by atoms with Crippen molar-refractivity contribution in [3.63, 3.8) is 0 Å². The van der Waals surface area contributed by atoms with E-state index in [1.54, 1.807) is 13.0 Å². The van der Waals surface area contributed by atoms with Crippen LogP contribution in [0.15, 0.2) is 29.1 Å². The van der Waals surface area contributed by atoms with Crippen LogP contribution in [-0.4, -0.2) is 6.29 Å². The first-order valence-electron chi connectivity index (χ1n) is 4.21. The Morgan fingerprint density at radius 1 is 1.29 bits per heavy atom. The fourth-order valence-corrected chi connectivity index (χ4v) is 2.31. The van der Waals surface area contributed by atoms with E-state index in [1.165, 1.54) is 11.3 Å². The lowest BCUT2D eigenvalue weighted by atomic mass is 10.2. The molecule has 0 aliphatic rings. The third-order valence-electron chi connectivity index (χ3n) is 2.17. The number of aldehydes is 1. The molecule has 0 saturated heterocycles. The third-order valence-corrected chi connectivity index (χ3v) is 3.37. The number of benzene rings is 1. The Kier molecular flexibility index (Phi) is 2.17. The predicted molar refractivity (Wildman–Crippen MR) is 58.2 cm³/mol. The topological polar surface area (TPSA) is 34.1 Å². The summed E-state index contributed by atoms with van der Waals surface area (Å²) in [5.41, 5.74) is 0.505. The van der Waals surface area contributed by atoms with Crippen molar-refractivity contribution < 1.29 is 4.79 Å². The quantitative estimate of drug-likeness (QED) is 0.668. The van der Waals surface area contributed by atoms with Gasteiger partial charge in [0.05, 0.1) is 4.88 Å². The summed E-state index contributed by atoms with van der Waals surface area (Å²) in [7, 11) is 0. The number of fused-ring (bicyclic) bond motifs is 1. The number of hydrogen-bond acceptors (Lipinski definition) is 3. The van der Waals surface area contributed by atoms with Gasteiger partial charge >= 0.3 is 0 Å².